The van der Waals surface area contributed by atoms with Crippen LogP contribution < -0.4 is 5.32 Å². The third-order valence-corrected chi connectivity index (χ3v) is 6.48. The largest absolute Gasteiger partial charge is 0.381 e. The molecule has 1 aromatic carbocycles. The number of benzene rings is 1. The van der Waals surface area contributed by atoms with Crippen molar-refractivity contribution in [2.45, 2.75) is 44.6 Å². The first-order valence-corrected chi connectivity index (χ1v) is 9.40. The van der Waals surface area contributed by atoms with Crippen molar-refractivity contribution >= 4 is 6.03 Å². The predicted molar refractivity (Wildman–Crippen MR) is 94.0 cm³/mol. The van der Waals surface area contributed by atoms with Gasteiger partial charge in [-0.05, 0) is 36.7 Å². The lowest BCUT2D eigenvalue weighted by Crippen LogP contribution is -2.47. The number of ether oxygens (including phenoxy) is 1. The summed E-state index contributed by atoms with van der Waals surface area (Å²) in [5.74, 6) is 0.816. The Kier molecular flexibility index (Phi) is 4.25. The molecule has 0 aromatic heterocycles. The van der Waals surface area contributed by atoms with E-state index in [1.807, 2.05) is 0 Å². The molecule has 1 aromatic rings. The number of amides is 2. The van der Waals surface area contributed by atoms with Crippen LogP contribution in [0.1, 0.15) is 44.1 Å². The maximum Gasteiger partial charge on any atom is 0.317 e. The molecule has 3 unspecified atom stereocenters. The van der Waals surface area contributed by atoms with Gasteiger partial charge in [-0.2, -0.15) is 0 Å². The number of carbonyl (C=O) groups is 1. The smallest absolute Gasteiger partial charge is 0.317 e. The van der Waals surface area contributed by atoms with Gasteiger partial charge in [-0.25, -0.2) is 4.79 Å². The normalized spacial score (nSPS) is 30.7. The van der Waals surface area contributed by atoms with Gasteiger partial charge in [-0.1, -0.05) is 37.3 Å². The van der Waals surface area contributed by atoms with Gasteiger partial charge in [0, 0.05) is 37.6 Å². The third-order valence-electron chi connectivity index (χ3n) is 6.48. The first-order chi connectivity index (χ1) is 11.7. The van der Waals surface area contributed by atoms with Crippen molar-refractivity contribution < 1.29 is 9.53 Å². The molecule has 0 bridgehead atoms. The van der Waals surface area contributed by atoms with Crippen LogP contribution in [0.5, 0.6) is 0 Å². The monoisotopic (exact) mass is 328 g/mol. The average molecular weight is 328 g/mol. The fourth-order valence-electron chi connectivity index (χ4n) is 4.49. The number of rotatable bonds is 4. The maximum atomic E-state index is 12.8. The lowest BCUT2D eigenvalue weighted by Gasteiger charge is -2.32. The van der Waals surface area contributed by atoms with E-state index in [1.54, 1.807) is 0 Å². The van der Waals surface area contributed by atoms with Gasteiger partial charge in [0.25, 0.3) is 0 Å². The molecule has 2 aliphatic heterocycles. The fraction of sp³-hybridized carbons (Fsp3) is 0.650. The van der Waals surface area contributed by atoms with Crippen LogP contribution in [-0.2, 0) is 4.74 Å². The molecular formula is C20H28N2O2. The van der Waals surface area contributed by atoms with Gasteiger partial charge in [0.05, 0.1) is 6.61 Å². The molecule has 4 rings (SSSR count). The fourth-order valence-corrected chi connectivity index (χ4v) is 4.49. The Morgan fingerprint density at radius 3 is 2.83 bits per heavy atom. The highest BCUT2D eigenvalue weighted by Crippen LogP contribution is 2.48. The summed E-state index contributed by atoms with van der Waals surface area (Å²) in [6, 6.07) is 11.1. The van der Waals surface area contributed by atoms with E-state index in [4.69, 9.17) is 4.74 Å². The lowest BCUT2D eigenvalue weighted by atomic mass is 9.84. The first kappa shape index (κ1) is 15.9. The maximum absolute atomic E-state index is 12.8. The van der Waals surface area contributed by atoms with Gasteiger partial charge < -0.3 is 15.0 Å². The van der Waals surface area contributed by atoms with Gasteiger partial charge in [0.2, 0.25) is 0 Å². The molecule has 130 valence electrons. The quantitative estimate of drug-likeness (QED) is 0.920. The molecule has 1 aliphatic carbocycles. The number of nitrogens with one attached hydrogen (secondary N) is 1. The number of nitrogens with zero attached hydrogens (tertiary/aromatic N) is 1. The van der Waals surface area contributed by atoms with Crippen LogP contribution in [0.2, 0.25) is 0 Å². The van der Waals surface area contributed by atoms with Gasteiger partial charge in [0.15, 0.2) is 0 Å². The van der Waals surface area contributed by atoms with Gasteiger partial charge in [0.1, 0.15) is 0 Å². The zero-order valence-electron chi connectivity index (χ0n) is 14.5. The molecule has 24 heavy (non-hydrogen) atoms. The van der Waals surface area contributed by atoms with Crippen molar-refractivity contribution in [3.63, 3.8) is 0 Å². The molecule has 3 fully saturated rings. The number of likely N-dealkylation sites (tertiary alicyclic amines) is 1. The first-order valence-electron chi connectivity index (χ1n) is 9.40. The molecular weight excluding hydrogens is 300 g/mol. The van der Waals surface area contributed by atoms with E-state index in [0.29, 0.717) is 23.3 Å². The highest BCUT2D eigenvalue weighted by molar-refractivity contribution is 5.75. The second-order valence-corrected chi connectivity index (χ2v) is 7.78. The van der Waals surface area contributed by atoms with Crippen molar-refractivity contribution in [3.8, 4) is 0 Å². The molecule has 2 amide bonds. The molecule has 4 heteroatoms. The Morgan fingerprint density at radius 2 is 2.12 bits per heavy atom. The number of carbonyl (C=O) groups excluding carboxylic acids is 1. The Morgan fingerprint density at radius 1 is 1.33 bits per heavy atom. The van der Waals surface area contributed by atoms with Gasteiger partial charge in [-0.3, -0.25) is 0 Å². The van der Waals surface area contributed by atoms with Crippen molar-refractivity contribution in [3.05, 3.63) is 35.9 Å². The van der Waals surface area contributed by atoms with E-state index in [0.717, 1.165) is 32.7 Å². The summed E-state index contributed by atoms with van der Waals surface area (Å²) in [5.41, 5.74) is 1.73. The van der Waals surface area contributed by atoms with E-state index in [-0.39, 0.29) is 6.03 Å². The molecule has 3 aliphatic rings. The van der Waals surface area contributed by atoms with Crippen LogP contribution in [0.4, 0.5) is 4.79 Å². The number of urea groups is 1. The second-order valence-electron chi connectivity index (χ2n) is 7.78. The molecule has 2 saturated heterocycles. The molecule has 0 radical (unpaired) electrons. The lowest BCUT2D eigenvalue weighted by molar-refractivity contribution is 0.0261. The number of hydrogen-bond donors (Lipinski definition) is 1. The van der Waals surface area contributed by atoms with Crippen molar-refractivity contribution in [2.75, 3.05) is 26.3 Å². The summed E-state index contributed by atoms with van der Waals surface area (Å²) in [6.07, 6.45) is 4.65. The van der Waals surface area contributed by atoms with Gasteiger partial charge >= 0.3 is 6.03 Å². The Bertz CT molecular complexity index is 585. The molecule has 1 saturated carbocycles. The second kappa shape index (κ2) is 6.40. The highest BCUT2D eigenvalue weighted by Gasteiger charge is 2.47. The van der Waals surface area contributed by atoms with E-state index in [1.165, 1.54) is 24.8 Å². The zero-order chi connectivity index (χ0) is 16.6. The minimum atomic E-state index is 0.130. The zero-order valence-corrected chi connectivity index (χ0v) is 14.5. The summed E-state index contributed by atoms with van der Waals surface area (Å²) >= 11 is 0. The number of fused-ring (bicyclic) bond motifs is 1. The highest BCUT2D eigenvalue weighted by atomic mass is 16.5. The Labute approximate surface area is 144 Å². The summed E-state index contributed by atoms with van der Waals surface area (Å²) in [7, 11) is 0. The standard InChI is InChI=1S/C20H28N2O2/c1-2-20(9-10-20)14-21-19(23)22-12-16(15-6-4-3-5-7-15)17-13-24-11-8-18(17)22/h3-7,16-18H,2,8-14H2,1H3,(H,21,23). The Hall–Kier alpha value is -1.55. The molecule has 0 spiro atoms. The van der Waals surface area contributed by atoms with Gasteiger partial charge in [-0.15, -0.1) is 0 Å². The summed E-state index contributed by atoms with van der Waals surface area (Å²) < 4.78 is 5.75. The molecule has 4 nitrogen and oxygen atoms in total. The van der Waals surface area contributed by atoms with E-state index < -0.39 is 0 Å². The predicted octanol–water partition coefficient (Wildman–Crippen LogP) is 3.39. The summed E-state index contributed by atoms with van der Waals surface area (Å²) in [5, 5.41) is 3.23. The molecule has 3 atom stereocenters. The Balaban J connectivity index is 1.47. The van der Waals surface area contributed by atoms with Crippen molar-refractivity contribution in [1.29, 1.82) is 0 Å². The van der Waals surface area contributed by atoms with Crippen LogP contribution in [-0.4, -0.2) is 43.3 Å². The van der Waals surface area contributed by atoms with Crippen LogP contribution in [0.3, 0.4) is 0 Å². The van der Waals surface area contributed by atoms with Crippen molar-refractivity contribution in [1.82, 2.24) is 10.2 Å². The molecule has 2 heterocycles. The third kappa shape index (κ3) is 2.92. The SMILES string of the molecule is CCC1(CNC(=O)N2CC(c3ccccc3)C3COCCC32)CC1. The number of hydrogen-bond acceptors (Lipinski definition) is 2. The minimum Gasteiger partial charge on any atom is -0.381 e. The summed E-state index contributed by atoms with van der Waals surface area (Å²) in [4.78, 5) is 14.9. The van der Waals surface area contributed by atoms with Crippen LogP contribution >= 0.6 is 0 Å². The van der Waals surface area contributed by atoms with Crippen molar-refractivity contribution in [2.24, 2.45) is 11.3 Å². The minimum absolute atomic E-state index is 0.130. The topological polar surface area (TPSA) is 41.6 Å². The van der Waals surface area contributed by atoms with Crippen LogP contribution in [0, 0.1) is 11.3 Å². The average Bonchev–Trinajstić information content (AvgIpc) is 3.33. The van der Waals surface area contributed by atoms with Crippen LogP contribution in [0.15, 0.2) is 30.3 Å². The van der Waals surface area contributed by atoms with E-state index in [2.05, 4.69) is 47.5 Å². The summed E-state index contributed by atoms with van der Waals surface area (Å²) in [6.45, 7) is 5.42. The van der Waals surface area contributed by atoms with E-state index >= 15 is 0 Å². The molecule has 1 N–H and O–H groups in total. The van der Waals surface area contributed by atoms with Crippen LogP contribution in [0.25, 0.3) is 0 Å². The van der Waals surface area contributed by atoms with E-state index in [9.17, 15) is 4.79 Å².